The third-order valence-electron chi connectivity index (χ3n) is 5.72. The smallest absolute Gasteiger partial charge is 0.295 e. The van der Waals surface area contributed by atoms with Crippen LogP contribution in [0.1, 0.15) is 12.8 Å². The van der Waals surface area contributed by atoms with E-state index in [1.54, 1.807) is 18.4 Å². The largest absolute Gasteiger partial charge is 0.497 e. The summed E-state index contributed by atoms with van der Waals surface area (Å²) in [5.74, 6) is 1.49. The minimum atomic E-state index is -0.0794. The van der Waals surface area contributed by atoms with E-state index in [-0.39, 0.29) is 5.60 Å². The highest BCUT2D eigenvalue weighted by atomic mass is 32.1. The quantitative estimate of drug-likeness (QED) is 0.826. The van der Waals surface area contributed by atoms with Gasteiger partial charge in [0.2, 0.25) is 5.13 Å². The summed E-state index contributed by atoms with van der Waals surface area (Å²) in [5, 5.41) is 0.739. The third kappa shape index (κ3) is 2.48. The average Bonchev–Trinajstić information content (AvgIpc) is 3.15. The minimum Gasteiger partial charge on any atom is -0.497 e. The van der Waals surface area contributed by atoms with Gasteiger partial charge in [0.15, 0.2) is 0 Å². The summed E-state index contributed by atoms with van der Waals surface area (Å²) in [6.07, 6.45) is 2.48. The second-order valence-corrected chi connectivity index (χ2v) is 8.31. The first-order valence-electron chi connectivity index (χ1n) is 8.81. The Morgan fingerprint density at radius 2 is 2.16 bits per heavy atom. The first-order chi connectivity index (χ1) is 12.1. The molecule has 5 heterocycles. The summed E-state index contributed by atoms with van der Waals surface area (Å²) < 4.78 is 12.8. The van der Waals surface area contributed by atoms with Gasteiger partial charge in [-0.15, -0.1) is 0 Å². The van der Waals surface area contributed by atoms with Gasteiger partial charge in [-0.2, -0.15) is 4.99 Å². The summed E-state index contributed by atoms with van der Waals surface area (Å²) in [6.45, 7) is 4.38. The Kier molecular flexibility index (Phi) is 3.43. The van der Waals surface area contributed by atoms with Crippen LogP contribution in [-0.4, -0.2) is 66.7 Å². The fraction of sp³-hybridized carbons (Fsp3) is 0.556. The van der Waals surface area contributed by atoms with Crippen LogP contribution in [-0.2, 0) is 4.74 Å². The fourth-order valence-corrected chi connectivity index (χ4v) is 5.30. The highest BCUT2D eigenvalue weighted by Gasteiger charge is 2.53. The molecule has 25 heavy (non-hydrogen) atoms. The van der Waals surface area contributed by atoms with Crippen molar-refractivity contribution in [3.63, 3.8) is 0 Å². The zero-order chi connectivity index (χ0) is 17.0. The van der Waals surface area contributed by atoms with Crippen molar-refractivity contribution in [1.29, 1.82) is 0 Å². The van der Waals surface area contributed by atoms with Gasteiger partial charge in [-0.05, 0) is 44.1 Å². The highest BCUT2D eigenvalue weighted by molar-refractivity contribution is 7.22. The molecule has 6 rings (SSSR count). The van der Waals surface area contributed by atoms with E-state index in [9.17, 15) is 0 Å². The monoisotopic (exact) mass is 358 g/mol. The number of ether oxygens (including phenoxy) is 2. The molecule has 0 aliphatic carbocycles. The van der Waals surface area contributed by atoms with E-state index in [0.717, 1.165) is 34.2 Å². The maximum absolute atomic E-state index is 6.46. The maximum Gasteiger partial charge on any atom is 0.295 e. The van der Waals surface area contributed by atoms with Gasteiger partial charge in [0.05, 0.1) is 23.9 Å². The number of methoxy groups -OCH3 is 1. The molecular weight excluding hydrogens is 336 g/mol. The van der Waals surface area contributed by atoms with Gasteiger partial charge in [0.1, 0.15) is 11.4 Å². The number of rotatable bonds is 2. The first-order valence-corrected chi connectivity index (χ1v) is 9.63. The van der Waals surface area contributed by atoms with Crippen molar-refractivity contribution in [3.8, 4) is 5.75 Å². The van der Waals surface area contributed by atoms with Gasteiger partial charge in [0.25, 0.3) is 6.02 Å². The SMILES string of the molecule is COc1ccc2nc(N=C3OC4(CN5CCC4CC5)CN3C)sc2c1. The zero-order valence-electron chi connectivity index (χ0n) is 14.6. The van der Waals surface area contributed by atoms with E-state index >= 15 is 0 Å². The number of aromatic nitrogens is 1. The first kappa shape index (κ1) is 15.4. The van der Waals surface area contributed by atoms with Gasteiger partial charge in [-0.1, -0.05) is 11.3 Å². The van der Waals surface area contributed by atoms with E-state index in [0.29, 0.717) is 11.9 Å². The molecule has 2 aromatic rings. The lowest BCUT2D eigenvalue weighted by Crippen LogP contribution is -2.60. The van der Waals surface area contributed by atoms with Crippen molar-refractivity contribution >= 4 is 32.7 Å². The number of aliphatic imine (C=N–C) groups is 1. The van der Waals surface area contributed by atoms with Crippen molar-refractivity contribution in [3.05, 3.63) is 18.2 Å². The molecule has 4 fully saturated rings. The molecule has 2 bridgehead atoms. The predicted octanol–water partition coefficient (Wildman–Crippen LogP) is 2.72. The molecule has 1 aromatic carbocycles. The molecule has 4 aliphatic rings. The molecule has 4 saturated heterocycles. The summed E-state index contributed by atoms with van der Waals surface area (Å²) >= 11 is 1.57. The molecule has 4 aliphatic heterocycles. The summed E-state index contributed by atoms with van der Waals surface area (Å²) in [5.41, 5.74) is 0.868. The highest BCUT2D eigenvalue weighted by Crippen LogP contribution is 2.42. The number of fused-ring (bicyclic) bond motifs is 3. The van der Waals surface area contributed by atoms with Crippen LogP contribution in [0, 0.1) is 5.92 Å². The molecule has 0 radical (unpaired) electrons. The normalized spacial score (nSPS) is 32.7. The van der Waals surface area contributed by atoms with Crippen molar-refractivity contribution in [2.45, 2.75) is 18.4 Å². The van der Waals surface area contributed by atoms with Crippen molar-refractivity contribution < 1.29 is 9.47 Å². The molecular formula is C18H22N4O2S. The number of nitrogens with zero attached hydrogens (tertiary/aromatic N) is 4. The van der Waals surface area contributed by atoms with Crippen molar-refractivity contribution in [1.82, 2.24) is 14.8 Å². The molecule has 1 aromatic heterocycles. The minimum absolute atomic E-state index is 0.0794. The van der Waals surface area contributed by atoms with Crippen LogP contribution in [0.2, 0.25) is 0 Å². The van der Waals surface area contributed by atoms with E-state index < -0.39 is 0 Å². The Balaban J connectivity index is 1.45. The number of hydrogen-bond donors (Lipinski definition) is 0. The van der Waals surface area contributed by atoms with E-state index in [1.165, 1.54) is 25.9 Å². The molecule has 1 atom stereocenters. The molecule has 6 nitrogen and oxygen atoms in total. The number of amidine groups is 1. The Morgan fingerprint density at radius 3 is 2.88 bits per heavy atom. The summed E-state index contributed by atoms with van der Waals surface area (Å²) in [6, 6.07) is 6.62. The van der Waals surface area contributed by atoms with Gasteiger partial charge in [0, 0.05) is 19.5 Å². The molecule has 0 saturated carbocycles. The lowest BCUT2D eigenvalue weighted by molar-refractivity contribution is -0.0818. The molecule has 132 valence electrons. The van der Waals surface area contributed by atoms with Gasteiger partial charge in [-0.25, -0.2) is 4.98 Å². The van der Waals surface area contributed by atoms with E-state index in [1.807, 2.05) is 18.2 Å². The lowest BCUT2D eigenvalue weighted by atomic mass is 9.75. The Morgan fingerprint density at radius 1 is 1.32 bits per heavy atom. The average molecular weight is 358 g/mol. The number of piperidine rings is 3. The van der Waals surface area contributed by atoms with E-state index in [2.05, 4.69) is 21.8 Å². The fourth-order valence-electron chi connectivity index (χ4n) is 4.44. The van der Waals surface area contributed by atoms with Gasteiger partial charge < -0.3 is 14.4 Å². The van der Waals surface area contributed by atoms with Gasteiger partial charge in [-0.3, -0.25) is 4.90 Å². The summed E-state index contributed by atoms with van der Waals surface area (Å²) in [7, 11) is 3.75. The van der Waals surface area contributed by atoms with Crippen LogP contribution >= 0.6 is 11.3 Å². The third-order valence-corrected chi connectivity index (χ3v) is 6.64. The molecule has 0 N–H and O–H groups in total. The molecule has 0 amide bonds. The topological polar surface area (TPSA) is 50.2 Å². The zero-order valence-corrected chi connectivity index (χ0v) is 15.4. The number of likely N-dealkylation sites (N-methyl/N-ethyl adjacent to an activating group) is 1. The lowest BCUT2D eigenvalue weighted by Gasteiger charge is -2.49. The Hall–Kier alpha value is -1.86. The van der Waals surface area contributed by atoms with E-state index in [4.69, 9.17) is 14.5 Å². The van der Waals surface area contributed by atoms with Crippen molar-refractivity contribution in [2.75, 3.05) is 40.3 Å². The number of hydrogen-bond acceptors (Lipinski definition) is 6. The molecule has 7 heteroatoms. The molecule has 1 spiro atoms. The standard InChI is InChI=1S/C18H22N4O2S/c1-21-10-18(11-22-7-5-12(18)6-8-22)24-17(21)20-16-19-14-4-3-13(23-2)9-15(14)25-16/h3-4,9,12H,5-8,10-11H2,1-2H3. The van der Waals surface area contributed by atoms with Crippen molar-refractivity contribution in [2.24, 2.45) is 10.9 Å². The second kappa shape index (κ2) is 5.57. The van der Waals surface area contributed by atoms with Crippen LogP contribution in [0.4, 0.5) is 5.13 Å². The van der Waals surface area contributed by atoms with Crippen LogP contribution in [0.5, 0.6) is 5.75 Å². The Bertz CT molecular complexity index is 843. The maximum atomic E-state index is 6.46. The summed E-state index contributed by atoms with van der Waals surface area (Å²) in [4.78, 5) is 14.0. The Labute approximate surface area is 151 Å². The predicted molar refractivity (Wildman–Crippen MR) is 98.9 cm³/mol. The molecule has 1 unspecified atom stereocenters. The van der Waals surface area contributed by atoms with Gasteiger partial charge >= 0.3 is 0 Å². The van der Waals surface area contributed by atoms with Crippen LogP contribution < -0.4 is 4.74 Å². The second-order valence-electron chi connectivity index (χ2n) is 7.30. The van der Waals surface area contributed by atoms with Crippen LogP contribution in [0.25, 0.3) is 10.2 Å². The number of thiazole rings is 1. The van der Waals surface area contributed by atoms with Crippen LogP contribution in [0.3, 0.4) is 0 Å². The van der Waals surface area contributed by atoms with Crippen LogP contribution in [0.15, 0.2) is 23.2 Å². The number of benzene rings is 1.